The van der Waals surface area contributed by atoms with Gasteiger partial charge >= 0.3 is 0 Å². The van der Waals surface area contributed by atoms with Crippen LogP contribution >= 0.6 is 0 Å². The Morgan fingerprint density at radius 2 is 2.00 bits per heavy atom. The number of rotatable bonds is 2. The fourth-order valence-electron chi connectivity index (χ4n) is 2.37. The highest BCUT2D eigenvalue weighted by Crippen LogP contribution is 2.22. The van der Waals surface area contributed by atoms with Gasteiger partial charge in [-0.2, -0.15) is 0 Å². The van der Waals surface area contributed by atoms with Crippen LogP contribution in [0.4, 0.5) is 5.69 Å². The summed E-state index contributed by atoms with van der Waals surface area (Å²) in [5.74, 6) is -0.246. The highest BCUT2D eigenvalue weighted by atomic mass is 16.3. The quantitative estimate of drug-likeness (QED) is 0.548. The molecule has 0 atom stereocenters. The molecule has 1 aliphatic rings. The van der Waals surface area contributed by atoms with Crippen molar-refractivity contribution in [3.8, 4) is 5.75 Å². The number of phenolic OH excluding ortho intramolecular Hbond substituents is 1. The smallest absolute Gasteiger partial charge is 0.253 e. The number of piperidine rings is 1. The molecule has 1 aromatic carbocycles. The van der Waals surface area contributed by atoms with Crippen LogP contribution in [0, 0.1) is 0 Å². The summed E-state index contributed by atoms with van der Waals surface area (Å²) in [5.41, 5.74) is 6.20. The lowest BCUT2D eigenvalue weighted by Gasteiger charge is -2.32. The second kappa shape index (κ2) is 5.81. The normalized spacial score (nSPS) is 15.9. The Morgan fingerprint density at radius 1 is 1.35 bits per heavy atom. The van der Waals surface area contributed by atoms with Crippen molar-refractivity contribution >= 4 is 17.5 Å². The molecule has 0 radical (unpaired) electrons. The van der Waals surface area contributed by atoms with Gasteiger partial charge in [-0.05, 0) is 31.0 Å². The maximum Gasteiger partial charge on any atom is 0.253 e. The lowest BCUT2D eigenvalue weighted by atomic mass is 10.0. The van der Waals surface area contributed by atoms with Gasteiger partial charge in [0, 0.05) is 31.6 Å². The number of carbonyl (C=O) groups excluding carboxylic acids is 2. The molecule has 108 valence electrons. The number of nitrogens with one attached hydrogen (secondary N) is 1. The van der Waals surface area contributed by atoms with Crippen LogP contribution in [0.3, 0.4) is 0 Å². The van der Waals surface area contributed by atoms with E-state index in [0.717, 1.165) is 12.8 Å². The first-order valence-corrected chi connectivity index (χ1v) is 6.62. The third-order valence-electron chi connectivity index (χ3n) is 3.47. The van der Waals surface area contributed by atoms with E-state index in [2.05, 4.69) is 5.32 Å². The van der Waals surface area contributed by atoms with Crippen LogP contribution in [0.2, 0.25) is 0 Å². The van der Waals surface area contributed by atoms with E-state index >= 15 is 0 Å². The van der Waals surface area contributed by atoms with Crippen molar-refractivity contribution in [3.63, 3.8) is 0 Å². The maximum absolute atomic E-state index is 12.3. The van der Waals surface area contributed by atoms with Crippen LogP contribution in [-0.4, -0.2) is 41.0 Å². The van der Waals surface area contributed by atoms with E-state index in [0.29, 0.717) is 18.7 Å². The second-order valence-corrected chi connectivity index (χ2v) is 5.04. The summed E-state index contributed by atoms with van der Waals surface area (Å²) in [7, 11) is 0. The van der Waals surface area contributed by atoms with Crippen LogP contribution in [0.25, 0.3) is 0 Å². The highest BCUT2D eigenvalue weighted by Gasteiger charge is 2.24. The summed E-state index contributed by atoms with van der Waals surface area (Å²) in [5, 5.41) is 12.4. The van der Waals surface area contributed by atoms with Gasteiger partial charge in [-0.1, -0.05) is 0 Å². The molecule has 0 bridgehead atoms. The van der Waals surface area contributed by atoms with Crippen LogP contribution in [0.5, 0.6) is 5.75 Å². The first kappa shape index (κ1) is 14.2. The summed E-state index contributed by atoms with van der Waals surface area (Å²) in [6.07, 6.45) is 1.48. The van der Waals surface area contributed by atoms with E-state index in [1.807, 2.05) is 0 Å². The summed E-state index contributed by atoms with van der Waals surface area (Å²) in [6, 6.07) is 4.65. The Morgan fingerprint density at radius 3 is 2.55 bits per heavy atom. The van der Waals surface area contributed by atoms with Crippen molar-refractivity contribution in [1.29, 1.82) is 0 Å². The SMILES string of the molecule is CC(=O)NC1CCN(C(=O)c2ccc(N)c(O)c2)CC1. The predicted molar refractivity (Wildman–Crippen MR) is 75.3 cm³/mol. The summed E-state index contributed by atoms with van der Waals surface area (Å²) >= 11 is 0. The number of nitrogens with two attached hydrogens (primary N) is 1. The lowest BCUT2D eigenvalue weighted by Crippen LogP contribution is -2.46. The van der Waals surface area contributed by atoms with E-state index in [1.165, 1.54) is 19.1 Å². The molecule has 1 aliphatic heterocycles. The third kappa shape index (κ3) is 3.20. The number of carbonyl (C=O) groups is 2. The highest BCUT2D eigenvalue weighted by molar-refractivity contribution is 5.95. The Kier molecular flexibility index (Phi) is 4.12. The Labute approximate surface area is 117 Å². The predicted octanol–water partition coefficient (Wildman–Crippen LogP) is 0.715. The van der Waals surface area contributed by atoms with Crippen LogP contribution in [0.1, 0.15) is 30.1 Å². The van der Waals surface area contributed by atoms with E-state index in [1.54, 1.807) is 11.0 Å². The summed E-state index contributed by atoms with van der Waals surface area (Å²) < 4.78 is 0. The number of nitrogens with zero attached hydrogens (tertiary/aromatic N) is 1. The van der Waals surface area contributed by atoms with Gasteiger partial charge in [-0.3, -0.25) is 9.59 Å². The van der Waals surface area contributed by atoms with Gasteiger partial charge in [0.1, 0.15) is 5.75 Å². The molecule has 4 N–H and O–H groups in total. The van der Waals surface area contributed by atoms with E-state index < -0.39 is 0 Å². The lowest BCUT2D eigenvalue weighted by molar-refractivity contribution is -0.119. The molecule has 0 spiro atoms. The largest absolute Gasteiger partial charge is 0.506 e. The molecule has 1 aromatic rings. The second-order valence-electron chi connectivity index (χ2n) is 5.04. The molecule has 2 rings (SSSR count). The topological polar surface area (TPSA) is 95.7 Å². The molecule has 0 aliphatic carbocycles. The Bertz CT molecular complexity index is 522. The van der Waals surface area contributed by atoms with Crippen molar-refractivity contribution in [2.24, 2.45) is 0 Å². The van der Waals surface area contributed by atoms with Gasteiger partial charge in [-0.15, -0.1) is 0 Å². The third-order valence-corrected chi connectivity index (χ3v) is 3.47. The number of hydrogen-bond acceptors (Lipinski definition) is 4. The number of anilines is 1. The Balaban J connectivity index is 1.97. The van der Waals surface area contributed by atoms with E-state index in [9.17, 15) is 14.7 Å². The van der Waals surface area contributed by atoms with Gasteiger partial charge in [0.25, 0.3) is 5.91 Å². The van der Waals surface area contributed by atoms with Crippen molar-refractivity contribution in [1.82, 2.24) is 10.2 Å². The van der Waals surface area contributed by atoms with Gasteiger partial charge < -0.3 is 21.1 Å². The molecule has 6 nitrogen and oxygen atoms in total. The fraction of sp³-hybridized carbons (Fsp3) is 0.429. The average Bonchev–Trinajstić information content (AvgIpc) is 2.41. The van der Waals surface area contributed by atoms with E-state index in [4.69, 9.17) is 5.73 Å². The fourth-order valence-corrected chi connectivity index (χ4v) is 2.37. The maximum atomic E-state index is 12.3. The number of nitrogen functional groups attached to an aromatic ring is 1. The minimum atomic E-state index is -0.124. The zero-order valence-electron chi connectivity index (χ0n) is 11.4. The Hall–Kier alpha value is -2.24. The standard InChI is InChI=1S/C14H19N3O3/c1-9(18)16-11-4-6-17(7-5-11)14(20)10-2-3-12(15)13(19)8-10/h2-3,8,11,19H,4-7,15H2,1H3,(H,16,18). The monoisotopic (exact) mass is 277 g/mol. The molecule has 1 heterocycles. The molecule has 20 heavy (non-hydrogen) atoms. The number of phenols is 1. The number of hydrogen-bond donors (Lipinski definition) is 3. The van der Waals surface area contributed by atoms with Crippen LogP contribution < -0.4 is 11.1 Å². The molecule has 0 saturated carbocycles. The molecule has 1 saturated heterocycles. The minimum Gasteiger partial charge on any atom is -0.506 e. The number of aromatic hydroxyl groups is 1. The molecular weight excluding hydrogens is 258 g/mol. The number of benzene rings is 1. The molecular formula is C14H19N3O3. The molecule has 0 aromatic heterocycles. The molecule has 1 fully saturated rings. The van der Waals surface area contributed by atoms with Crippen LogP contribution in [-0.2, 0) is 4.79 Å². The average molecular weight is 277 g/mol. The summed E-state index contributed by atoms with van der Waals surface area (Å²) in [6.45, 7) is 2.68. The number of likely N-dealkylation sites (tertiary alicyclic amines) is 1. The number of amides is 2. The first-order chi connectivity index (χ1) is 9.47. The van der Waals surface area contributed by atoms with Crippen LogP contribution in [0.15, 0.2) is 18.2 Å². The zero-order valence-corrected chi connectivity index (χ0v) is 11.4. The van der Waals surface area contributed by atoms with Gasteiger partial charge in [0.05, 0.1) is 5.69 Å². The van der Waals surface area contributed by atoms with Gasteiger partial charge in [-0.25, -0.2) is 0 Å². The van der Waals surface area contributed by atoms with Crippen molar-refractivity contribution < 1.29 is 14.7 Å². The van der Waals surface area contributed by atoms with Gasteiger partial charge in [0.15, 0.2) is 0 Å². The first-order valence-electron chi connectivity index (χ1n) is 6.62. The zero-order chi connectivity index (χ0) is 14.7. The van der Waals surface area contributed by atoms with Gasteiger partial charge in [0.2, 0.25) is 5.91 Å². The molecule has 6 heteroatoms. The van der Waals surface area contributed by atoms with Crippen molar-refractivity contribution in [2.75, 3.05) is 18.8 Å². The van der Waals surface area contributed by atoms with E-state index in [-0.39, 0.29) is 29.3 Å². The molecule has 2 amide bonds. The molecule has 0 unspecified atom stereocenters. The van der Waals surface area contributed by atoms with Crippen molar-refractivity contribution in [3.05, 3.63) is 23.8 Å². The van der Waals surface area contributed by atoms with Crippen molar-refractivity contribution in [2.45, 2.75) is 25.8 Å². The minimum absolute atomic E-state index is 0.0433. The summed E-state index contributed by atoms with van der Waals surface area (Å²) in [4.78, 5) is 25.0.